The monoisotopic (exact) mass is 431 g/mol. The van der Waals surface area contributed by atoms with E-state index in [1.165, 1.54) is 6.92 Å². The van der Waals surface area contributed by atoms with Gasteiger partial charge in [-0.1, -0.05) is 25.0 Å². The van der Waals surface area contributed by atoms with Crippen LogP contribution in [0, 0.1) is 12.5 Å². The molecule has 2 rings (SSSR count). The zero-order valence-corrected chi connectivity index (χ0v) is 16.5. The maximum atomic E-state index is 12.6. The molecule has 1 aliphatic carbocycles. The molecule has 0 aliphatic heterocycles. The van der Waals surface area contributed by atoms with E-state index in [2.05, 4.69) is 4.85 Å². The normalized spacial score (nSPS) is 17.3. The number of ether oxygens (including phenoxy) is 1. The molecule has 0 amide bonds. The number of hydrogen-bond donors (Lipinski definition) is 0. The fraction of sp³-hybridized carbons (Fsp3) is 0.526. The Morgan fingerprint density at radius 3 is 2.21 bits per heavy atom. The van der Waals surface area contributed by atoms with Crippen LogP contribution in [-0.2, 0) is 19.4 Å². The molecule has 1 saturated carbocycles. The molecule has 1 aromatic rings. The summed E-state index contributed by atoms with van der Waals surface area (Å²) in [6.07, 6.45) is 3.02. The number of ketones is 1. The summed E-state index contributed by atoms with van der Waals surface area (Å²) in [5, 5.41) is 0. The number of rotatable bonds is 7. The molecule has 0 aromatic heterocycles. The molecule has 0 heterocycles. The lowest BCUT2D eigenvalue weighted by Crippen LogP contribution is -2.32. The number of carbonyl (C=O) groups is 2. The van der Waals surface area contributed by atoms with E-state index in [9.17, 15) is 31.2 Å². The lowest BCUT2D eigenvalue weighted by molar-refractivity contribution is -0.149. The molecule has 0 spiro atoms. The highest BCUT2D eigenvalue weighted by Gasteiger charge is 2.47. The zero-order valence-electron chi connectivity index (χ0n) is 15.7. The van der Waals surface area contributed by atoms with Crippen molar-refractivity contribution in [2.24, 2.45) is 5.92 Å². The summed E-state index contributed by atoms with van der Waals surface area (Å²) in [5.74, 6) is -1.16. The Kier molecular flexibility index (Phi) is 6.73. The first kappa shape index (κ1) is 22.9. The molecular formula is C19H20F3NO5S. The van der Waals surface area contributed by atoms with Crippen molar-refractivity contribution in [3.8, 4) is 0 Å². The number of alkyl halides is 3. The third kappa shape index (κ3) is 5.35. The first-order valence-electron chi connectivity index (χ1n) is 8.89. The molecule has 1 unspecified atom stereocenters. The van der Waals surface area contributed by atoms with E-state index in [1.54, 1.807) is 0 Å². The van der Waals surface area contributed by atoms with Gasteiger partial charge in [-0.15, -0.1) is 0 Å². The van der Waals surface area contributed by atoms with Crippen LogP contribution in [0.5, 0.6) is 0 Å². The van der Waals surface area contributed by atoms with Gasteiger partial charge in [-0.25, -0.2) is 15.0 Å². The van der Waals surface area contributed by atoms with Crippen molar-refractivity contribution in [2.45, 2.75) is 55.0 Å². The number of nitrogens with zero attached hydrogens (tertiary/aromatic N) is 1. The number of sulfone groups is 1. The summed E-state index contributed by atoms with van der Waals surface area (Å²) in [4.78, 5) is 26.8. The lowest BCUT2D eigenvalue weighted by atomic mass is 9.94. The third-order valence-electron chi connectivity index (χ3n) is 4.82. The van der Waals surface area contributed by atoms with Gasteiger partial charge in [-0.3, -0.25) is 9.59 Å². The van der Waals surface area contributed by atoms with Crippen molar-refractivity contribution in [1.29, 1.82) is 0 Å². The summed E-state index contributed by atoms with van der Waals surface area (Å²) in [6.45, 7) is 8.50. The van der Waals surface area contributed by atoms with Gasteiger partial charge in [0.15, 0.2) is 12.4 Å². The van der Waals surface area contributed by atoms with E-state index in [1.807, 2.05) is 0 Å². The van der Waals surface area contributed by atoms with Crippen molar-refractivity contribution in [3.05, 3.63) is 41.2 Å². The molecule has 158 valence electrons. The van der Waals surface area contributed by atoms with E-state index in [4.69, 9.17) is 11.3 Å². The molecule has 29 heavy (non-hydrogen) atoms. The largest absolute Gasteiger partial charge is 0.501 e. The second kappa shape index (κ2) is 8.53. The topological polar surface area (TPSA) is 81.9 Å². The molecule has 1 atom stereocenters. The summed E-state index contributed by atoms with van der Waals surface area (Å²) in [5.41, 5.74) is -6.81. The molecule has 0 saturated heterocycles. The quantitative estimate of drug-likeness (QED) is 0.371. The van der Waals surface area contributed by atoms with Gasteiger partial charge < -0.3 is 9.58 Å². The molecule has 1 fully saturated rings. The van der Waals surface area contributed by atoms with Gasteiger partial charge in [0.2, 0.25) is 0 Å². The standard InChI is InChI=1S/C19H20F3NO5S/c1-18(23-2,12-28-17(25)14-5-3-4-6-14)11-16(24)13-7-9-15(10-8-13)29(26,27)19(20,21)22/h7-10,14H,3-6,11-12H2,1H3. The Hall–Kier alpha value is -2.41. The van der Waals surface area contributed by atoms with Crippen LogP contribution in [0.1, 0.15) is 49.4 Å². The molecule has 1 aromatic carbocycles. The maximum absolute atomic E-state index is 12.6. The Morgan fingerprint density at radius 1 is 1.17 bits per heavy atom. The molecule has 10 heteroatoms. The van der Waals surface area contributed by atoms with Crippen molar-refractivity contribution in [3.63, 3.8) is 0 Å². The van der Waals surface area contributed by atoms with E-state index in [0.29, 0.717) is 12.1 Å². The minimum absolute atomic E-state index is 0.0388. The number of Topliss-reactive ketones (excluding diaryl/α,β-unsaturated/α-hetero) is 1. The van der Waals surface area contributed by atoms with Crippen molar-refractivity contribution in [2.75, 3.05) is 6.61 Å². The van der Waals surface area contributed by atoms with Crippen LogP contribution in [0.15, 0.2) is 29.2 Å². The molecule has 1 aliphatic rings. The second-order valence-electron chi connectivity index (χ2n) is 7.27. The Labute approximate surface area is 166 Å². The number of benzene rings is 1. The maximum Gasteiger partial charge on any atom is 0.501 e. The summed E-state index contributed by atoms with van der Waals surface area (Å²) in [6, 6.07) is 3.34. The van der Waals surface area contributed by atoms with Crippen molar-refractivity contribution < 1.29 is 35.9 Å². The second-order valence-corrected chi connectivity index (χ2v) is 9.21. The van der Waals surface area contributed by atoms with Gasteiger partial charge in [0.05, 0.1) is 17.2 Å². The molecule has 0 bridgehead atoms. The molecular weight excluding hydrogens is 411 g/mol. The van der Waals surface area contributed by atoms with Gasteiger partial charge in [-0.05, 0) is 25.0 Å². The smallest absolute Gasteiger partial charge is 0.457 e. The Morgan fingerprint density at radius 2 is 1.72 bits per heavy atom. The fourth-order valence-electron chi connectivity index (χ4n) is 3.03. The van der Waals surface area contributed by atoms with Crippen LogP contribution in [0.25, 0.3) is 4.85 Å². The van der Waals surface area contributed by atoms with Crippen LogP contribution < -0.4 is 0 Å². The lowest BCUT2D eigenvalue weighted by Gasteiger charge is -2.18. The average molecular weight is 431 g/mol. The predicted octanol–water partition coefficient (Wildman–Crippen LogP) is 3.96. The minimum atomic E-state index is -5.50. The van der Waals surface area contributed by atoms with Crippen molar-refractivity contribution >= 4 is 21.6 Å². The van der Waals surface area contributed by atoms with Crippen LogP contribution in [0.2, 0.25) is 0 Å². The first-order chi connectivity index (χ1) is 13.4. The van der Waals surface area contributed by atoms with Crippen molar-refractivity contribution in [1.82, 2.24) is 0 Å². The van der Waals surface area contributed by atoms with E-state index in [-0.39, 0.29) is 24.5 Å². The highest BCUT2D eigenvalue weighted by molar-refractivity contribution is 7.92. The van der Waals surface area contributed by atoms with Gasteiger partial charge in [0.25, 0.3) is 15.4 Å². The highest BCUT2D eigenvalue weighted by Crippen LogP contribution is 2.31. The van der Waals surface area contributed by atoms with Gasteiger partial charge >= 0.3 is 11.5 Å². The van der Waals surface area contributed by atoms with Crippen LogP contribution in [0.4, 0.5) is 13.2 Å². The SMILES string of the molecule is [C-]#[N+]C(C)(COC(=O)C1CCCC1)CC(=O)c1ccc(S(=O)(=O)C(F)(F)F)cc1. The minimum Gasteiger partial charge on any atom is -0.457 e. The van der Waals surface area contributed by atoms with E-state index in [0.717, 1.165) is 37.8 Å². The number of carbonyl (C=O) groups excluding carboxylic acids is 2. The van der Waals surface area contributed by atoms with Gasteiger partial charge in [-0.2, -0.15) is 13.2 Å². The molecule has 0 N–H and O–H groups in total. The average Bonchev–Trinajstić information content (AvgIpc) is 3.20. The molecule has 0 radical (unpaired) electrons. The number of halogens is 3. The number of esters is 1. The van der Waals surface area contributed by atoms with Crippen LogP contribution in [0.3, 0.4) is 0 Å². The van der Waals surface area contributed by atoms with Crippen LogP contribution >= 0.6 is 0 Å². The summed E-state index contributed by atoms with van der Waals surface area (Å²) in [7, 11) is -5.50. The molecule has 6 nitrogen and oxygen atoms in total. The fourth-order valence-corrected chi connectivity index (χ4v) is 3.79. The predicted molar refractivity (Wildman–Crippen MR) is 96.6 cm³/mol. The van der Waals surface area contributed by atoms with E-state index < -0.39 is 37.5 Å². The van der Waals surface area contributed by atoms with Crippen LogP contribution in [-0.4, -0.2) is 37.8 Å². The summed E-state index contributed by atoms with van der Waals surface area (Å²) >= 11 is 0. The first-order valence-corrected chi connectivity index (χ1v) is 10.4. The van der Waals surface area contributed by atoms with Gasteiger partial charge in [0.1, 0.15) is 0 Å². The number of hydrogen-bond acceptors (Lipinski definition) is 5. The Bertz CT molecular complexity index is 913. The third-order valence-corrected chi connectivity index (χ3v) is 6.32. The zero-order chi connectivity index (χ0) is 21.9. The Balaban J connectivity index is 2.05. The summed E-state index contributed by atoms with van der Waals surface area (Å²) < 4.78 is 65.7. The highest BCUT2D eigenvalue weighted by atomic mass is 32.2. The van der Waals surface area contributed by atoms with E-state index >= 15 is 0 Å². The van der Waals surface area contributed by atoms with Gasteiger partial charge in [0, 0.05) is 12.5 Å².